The molecule has 3 N–H and O–H groups in total. The van der Waals surface area contributed by atoms with Crippen molar-refractivity contribution < 1.29 is 13.5 Å². The number of sulfone groups is 1. The van der Waals surface area contributed by atoms with E-state index in [1.54, 1.807) is 13.8 Å². The fraction of sp³-hybridized carbons (Fsp3) is 0.476. The van der Waals surface area contributed by atoms with Crippen LogP contribution in [0.5, 0.6) is 0 Å². The second kappa shape index (κ2) is 7.16. The first kappa shape index (κ1) is 20.2. The summed E-state index contributed by atoms with van der Waals surface area (Å²) in [5.41, 5.74) is 5.43. The summed E-state index contributed by atoms with van der Waals surface area (Å²) < 4.78 is 27.4. The van der Waals surface area contributed by atoms with E-state index in [-0.39, 0.29) is 22.5 Å². The number of aryl methyl sites for hydroxylation is 2. The van der Waals surface area contributed by atoms with Crippen molar-refractivity contribution in [1.29, 1.82) is 0 Å². The van der Waals surface area contributed by atoms with E-state index in [2.05, 4.69) is 31.7 Å². The van der Waals surface area contributed by atoms with Crippen LogP contribution >= 0.6 is 0 Å². The molecule has 0 amide bonds. The summed E-state index contributed by atoms with van der Waals surface area (Å²) in [6.07, 6.45) is 9.11. The van der Waals surface area contributed by atoms with Gasteiger partial charge in [0, 0.05) is 11.9 Å². The summed E-state index contributed by atoms with van der Waals surface area (Å²) in [5.74, 6) is 0.247. The Labute approximate surface area is 180 Å². The molecule has 0 aliphatic heterocycles. The van der Waals surface area contributed by atoms with E-state index in [1.807, 2.05) is 0 Å². The van der Waals surface area contributed by atoms with Crippen molar-refractivity contribution in [3.8, 4) is 0 Å². The van der Waals surface area contributed by atoms with Crippen molar-refractivity contribution in [3.63, 3.8) is 0 Å². The zero-order chi connectivity index (χ0) is 21.8. The molecule has 1 aromatic carbocycles. The number of hydrogen-bond acceptors (Lipinski definition) is 7. The Kier molecular flexibility index (Phi) is 4.67. The molecule has 164 valence electrons. The number of H-pyrrole nitrogens is 1. The van der Waals surface area contributed by atoms with E-state index in [1.165, 1.54) is 39.3 Å². The summed E-state index contributed by atoms with van der Waals surface area (Å²) in [6, 6.07) is 2.34. The molecule has 0 bridgehead atoms. The maximum atomic E-state index is 13.0. The predicted molar refractivity (Wildman–Crippen MR) is 114 cm³/mol. The van der Waals surface area contributed by atoms with Gasteiger partial charge in [0.05, 0.1) is 18.3 Å². The maximum absolute atomic E-state index is 13.0. The molecule has 9 nitrogen and oxygen atoms in total. The predicted octanol–water partition coefficient (Wildman–Crippen LogP) is 2.33. The molecule has 2 heterocycles. The SMILES string of the molecule is CC(C)(O)Cn1cc(S(=O)(=O)c2nc(Nc3c4c(cc5c3CCC5)CCC4)n[nH]2)cn1. The lowest BCUT2D eigenvalue weighted by Gasteiger charge is -2.16. The standard InChI is InChI=1S/C21H26N6O3S/c1-21(2,28)12-27-11-15(10-22-27)31(29,30)20-24-19(25-26-20)23-18-16-7-3-5-13(16)9-14-6-4-8-17(14)18/h9-11,28H,3-8,12H2,1-2H3,(H2,23,24,25,26). The van der Waals surface area contributed by atoms with Crippen LogP contribution in [0.1, 0.15) is 48.9 Å². The third-order valence-corrected chi connectivity index (χ3v) is 7.42. The largest absolute Gasteiger partial charge is 0.389 e. The van der Waals surface area contributed by atoms with Gasteiger partial charge in [-0.15, -0.1) is 5.10 Å². The zero-order valence-electron chi connectivity index (χ0n) is 17.6. The number of anilines is 2. The molecular formula is C21H26N6O3S. The third-order valence-electron chi connectivity index (χ3n) is 5.90. The normalized spacial score (nSPS) is 15.8. The van der Waals surface area contributed by atoms with Gasteiger partial charge in [0.25, 0.3) is 0 Å². The molecule has 31 heavy (non-hydrogen) atoms. The van der Waals surface area contributed by atoms with Gasteiger partial charge in [-0.05, 0) is 74.6 Å². The Bertz CT molecular complexity index is 1220. The quantitative estimate of drug-likeness (QED) is 0.535. The van der Waals surface area contributed by atoms with Crippen LogP contribution in [0.3, 0.4) is 0 Å². The van der Waals surface area contributed by atoms with E-state index >= 15 is 0 Å². The number of nitrogens with one attached hydrogen (secondary N) is 2. The van der Waals surface area contributed by atoms with Crippen LogP contribution in [-0.2, 0) is 42.1 Å². The van der Waals surface area contributed by atoms with Crippen LogP contribution in [0.2, 0.25) is 0 Å². The lowest BCUT2D eigenvalue weighted by Crippen LogP contribution is -2.26. The minimum atomic E-state index is -3.90. The number of fused-ring (bicyclic) bond motifs is 2. The highest BCUT2D eigenvalue weighted by molar-refractivity contribution is 7.91. The first-order valence-electron chi connectivity index (χ1n) is 10.6. The molecule has 0 spiro atoms. The monoisotopic (exact) mass is 442 g/mol. The van der Waals surface area contributed by atoms with Crippen molar-refractivity contribution in [2.24, 2.45) is 0 Å². The number of rotatable bonds is 6. The van der Waals surface area contributed by atoms with Crippen molar-refractivity contribution in [1.82, 2.24) is 25.0 Å². The number of aromatic nitrogens is 5. The van der Waals surface area contributed by atoms with Gasteiger partial charge in [-0.3, -0.25) is 4.68 Å². The zero-order valence-corrected chi connectivity index (χ0v) is 18.5. The molecule has 2 aliphatic carbocycles. The Balaban J connectivity index is 1.43. The highest BCUT2D eigenvalue weighted by Crippen LogP contribution is 2.39. The second-order valence-corrected chi connectivity index (χ2v) is 10.9. The van der Waals surface area contributed by atoms with Crippen molar-refractivity contribution in [3.05, 3.63) is 40.7 Å². The highest BCUT2D eigenvalue weighted by Gasteiger charge is 2.27. The van der Waals surface area contributed by atoms with Gasteiger partial charge in [0.15, 0.2) is 0 Å². The number of aromatic amines is 1. The Morgan fingerprint density at radius 1 is 1.16 bits per heavy atom. The molecule has 0 fully saturated rings. The van der Waals surface area contributed by atoms with E-state index in [4.69, 9.17) is 0 Å². The van der Waals surface area contributed by atoms with Crippen molar-refractivity contribution in [2.45, 2.75) is 74.6 Å². The highest BCUT2D eigenvalue weighted by atomic mass is 32.2. The molecule has 0 atom stereocenters. The molecule has 0 unspecified atom stereocenters. The average molecular weight is 443 g/mol. The minimum absolute atomic E-state index is 0.000874. The van der Waals surface area contributed by atoms with Crippen LogP contribution in [0, 0.1) is 0 Å². The minimum Gasteiger partial charge on any atom is -0.389 e. The van der Waals surface area contributed by atoms with E-state index in [0.29, 0.717) is 0 Å². The van der Waals surface area contributed by atoms with Crippen LogP contribution in [0.25, 0.3) is 0 Å². The number of nitrogens with zero attached hydrogens (tertiary/aromatic N) is 4. The Morgan fingerprint density at radius 2 is 1.84 bits per heavy atom. The van der Waals surface area contributed by atoms with Gasteiger partial charge in [-0.25, -0.2) is 13.5 Å². The lowest BCUT2D eigenvalue weighted by molar-refractivity contribution is 0.0577. The molecule has 0 saturated carbocycles. The van der Waals surface area contributed by atoms with E-state index in [9.17, 15) is 13.5 Å². The fourth-order valence-electron chi connectivity index (χ4n) is 4.58. The molecule has 0 saturated heterocycles. The van der Waals surface area contributed by atoms with Gasteiger partial charge < -0.3 is 10.4 Å². The summed E-state index contributed by atoms with van der Waals surface area (Å²) in [4.78, 5) is 4.24. The van der Waals surface area contributed by atoms with Gasteiger partial charge in [-0.1, -0.05) is 6.07 Å². The molecule has 5 rings (SSSR count). The van der Waals surface area contributed by atoms with Gasteiger partial charge >= 0.3 is 0 Å². The number of hydrogen-bond donors (Lipinski definition) is 3. The summed E-state index contributed by atoms with van der Waals surface area (Å²) in [6.45, 7) is 3.44. The van der Waals surface area contributed by atoms with E-state index in [0.717, 1.165) is 44.2 Å². The number of benzene rings is 1. The van der Waals surface area contributed by atoms with Crippen molar-refractivity contribution >= 4 is 21.5 Å². The molecule has 3 aromatic rings. The third kappa shape index (κ3) is 3.74. The Morgan fingerprint density at radius 3 is 2.48 bits per heavy atom. The van der Waals surface area contributed by atoms with Gasteiger partial charge in [0.2, 0.25) is 20.9 Å². The smallest absolute Gasteiger partial charge is 0.249 e. The summed E-state index contributed by atoms with van der Waals surface area (Å²) in [7, 11) is -3.90. The maximum Gasteiger partial charge on any atom is 0.249 e. The lowest BCUT2D eigenvalue weighted by atomic mass is 9.99. The molecular weight excluding hydrogens is 416 g/mol. The van der Waals surface area contributed by atoms with Gasteiger partial charge in [0.1, 0.15) is 4.90 Å². The molecule has 2 aliphatic rings. The van der Waals surface area contributed by atoms with Crippen LogP contribution < -0.4 is 5.32 Å². The number of aliphatic hydroxyl groups is 1. The van der Waals surface area contributed by atoms with Gasteiger partial charge in [-0.2, -0.15) is 10.1 Å². The first-order valence-corrected chi connectivity index (χ1v) is 12.0. The Hall–Kier alpha value is -2.72. The first-order chi connectivity index (χ1) is 14.7. The molecule has 2 aromatic heterocycles. The summed E-state index contributed by atoms with van der Waals surface area (Å²) >= 11 is 0. The second-order valence-electron chi connectivity index (χ2n) is 9.01. The van der Waals surface area contributed by atoms with Crippen LogP contribution in [0.4, 0.5) is 11.6 Å². The topological polar surface area (TPSA) is 126 Å². The van der Waals surface area contributed by atoms with Crippen molar-refractivity contribution in [2.75, 3.05) is 5.32 Å². The molecule has 0 radical (unpaired) electrons. The summed E-state index contributed by atoms with van der Waals surface area (Å²) in [5, 5.41) is 23.7. The fourth-order valence-corrected chi connectivity index (χ4v) is 5.62. The average Bonchev–Trinajstić information content (AvgIpc) is 3.47. The van der Waals surface area contributed by atoms with E-state index < -0.39 is 15.4 Å². The molecule has 10 heteroatoms. The van der Waals surface area contributed by atoms with Crippen LogP contribution in [-0.4, -0.2) is 44.1 Å². The van der Waals surface area contributed by atoms with Crippen LogP contribution in [0.15, 0.2) is 28.5 Å².